The van der Waals surface area contributed by atoms with Crippen LogP contribution in [0.5, 0.6) is 0 Å². The molecule has 0 aromatic carbocycles. The van der Waals surface area contributed by atoms with Gasteiger partial charge in [0.25, 0.3) is 0 Å². The highest BCUT2D eigenvalue weighted by molar-refractivity contribution is 4.77. The Balaban J connectivity index is 2.20. The van der Waals surface area contributed by atoms with E-state index < -0.39 is 0 Å². The normalized spacial score (nSPS) is 21.6. The third kappa shape index (κ3) is 4.81. The molecular weight excluding hydrogens is 198 g/mol. The second-order valence-corrected chi connectivity index (χ2v) is 5.39. The van der Waals surface area contributed by atoms with E-state index in [1.807, 2.05) is 0 Å². The molecule has 0 amide bonds. The number of hydrogen-bond donors (Lipinski definition) is 1. The average Bonchev–Trinajstić information content (AvgIpc) is 2.27. The smallest absolute Gasteiger partial charge is 0.0117 e. The summed E-state index contributed by atoms with van der Waals surface area (Å²) in [5.41, 5.74) is 0. The molecule has 96 valence electrons. The molecule has 0 bridgehead atoms. The Kier molecular flexibility index (Phi) is 6.32. The molecule has 1 N–H and O–H groups in total. The number of rotatable bonds is 6. The number of piperidine rings is 1. The molecule has 0 radical (unpaired) electrons. The molecule has 3 heteroatoms. The lowest BCUT2D eigenvalue weighted by Gasteiger charge is -2.36. The molecule has 3 nitrogen and oxygen atoms in total. The summed E-state index contributed by atoms with van der Waals surface area (Å²) in [5.74, 6) is 0.754. The fourth-order valence-corrected chi connectivity index (χ4v) is 2.53. The van der Waals surface area contributed by atoms with E-state index in [9.17, 15) is 0 Å². The number of nitrogens with zero attached hydrogens (tertiary/aromatic N) is 2. The molecule has 0 aromatic rings. The minimum Gasteiger partial charge on any atom is -0.317 e. The van der Waals surface area contributed by atoms with Crippen LogP contribution in [0.4, 0.5) is 0 Å². The number of nitrogens with one attached hydrogen (secondary N) is 1. The largest absolute Gasteiger partial charge is 0.317 e. The van der Waals surface area contributed by atoms with Crippen molar-refractivity contribution in [3.8, 4) is 0 Å². The van der Waals surface area contributed by atoms with Gasteiger partial charge in [0.1, 0.15) is 0 Å². The van der Waals surface area contributed by atoms with Gasteiger partial charge in [0.2, 0.25) is 0 Å². The SMILES string of the molecule is CCNCC(C)CN(C)C1CCN(C)CC1. The van der Waals surface area contributed by atoms with Crippen LogP contribution in [0.2, 0.25) is 0 Å². The van der Waals surface area contributed by atoms with E-state index in [4.69, 9.17) is 0 Å². The molecule has 1 fully saturated rings. The van der Waals surface area contributed by atoms with E-state index in [0.29, 0.717) is 0 Å². The first-order valence-electron chi connectivity index (χ1n) is 6.73. The van der Waals surface area contributed by atoms with Crippen molar-refractivity contribution in [3.05, 3.63) is 0 Å². The number of likely N-dealkylation sites (tertiary alicyclic amines) is 1. The van der Waals surface area contributed by atoms with Crippen LogP contribution < -0.4 is 5.32 Å². The summed E-state index contributed by atoms with van der Waals surface area (Å²) in [7, 11) is 4.52. The van der Waals surface area contributed by atoms with Crippen LogP contribution >= 0.6 is 0 Å². The molecule has 1 heterocycles. The van der Waals surface area contributed by atoms with Gasteiger partial charge in [-0.05, 0) is 59.0 Å². The molecular formula is C13H29N3. The predicted octanol–water partition coefficient (Wildman–Crippen LogP) is 1.26. The van der Waals surface area contributed by atoms with Crippen LogP contribution in [-0.2, 0) is 0 Å². The van der Waals surface area contributed by atoms with Crippen molar-refractivity contribution < 1.29 is 0 Å². The molecule has 1 unspecified atom stereocenters. The van der Waals surface area contributed by atoms with Gasteiger partial charge in [0.05, 0.1) is 0 Å². The minimum absolute atomic E-state index is 0.754. The van der Waals surface area contributed by atoms with Gasteiger partial charge >= 0.3 is 0 Å². The first kappa shape index (κ1) is 13.9. The minimum atomic E-state index is 0.754. The summed E-state index contributed by atoms with van der Waals surface area (Å²) in [6.45, 7) is 10.5. The molecule has 0 aromatic heterocycles. The lowest BCUT2D eigenvalue weighted by Crippen LogP contribution is -2.44. The molecule has 0 aliphatic carbocycles. The van der Waals surface area contributed by atoms with Crippen molar-refractivity contribution in [3.63, 3.8) is 0 Å². The van der Waals surface area contributed by atoms with E-state index in [-0.39, 0.29) is 0 Å². The first-order chi connectivity index (χ1) is 7.63. The number of hydrogen-bond acceptors (Lipinski definition) is 3. The highest BCUT2D eigenvalue weighted by atomic mass is 15.2. The van der Waals surface area contributed by atoms with Crippen LogP contribution in [0.25, 0.3) is 0 Å². The maximum absolute atomic E-state index is 3.43. The highest BCUT2D eigenvalue weighted by Gasteiger charge is 2.21. The molecule has 1 atom stereocenters. The lowest BCUT2D eigenvalue weighted by molar-refractivity contribution is 0.131. The van der Waals surface area contributed by atoms with E-state index in [1.165, 1.54) is 32.5 Å². The first-order valence-corrected chi connectivity index (χ1v) is 6.73. The lowest BCUT2D eigenvalue weighted by atomic mass is 10.0. The molecule has 1 aliphatic rings. The van der Waals surface area contributed by atoms with E-state index >= 15 is 0 Å². The van der Waals surface area contributed by atoms with Crippen molar-refractivity contribution in [1.82, 2.24) is 15.1 Å². The van der Waals surface area contributed by atoms with Crippen molar-refractivity contribution in [1.29, 1.82) is 0 Å². The predicted molar refractivity (Wildman–Crippen MR) is 70.9 cm³/mol. The topological polar surface area (TPSA) is 18.5 Å². The summed E-state index contributed by atoms with van der Waals surface area (Å²) < 4.78 is 0. The molecule has 0 saturated carbocycles. The Morgan fingerprint density at radius 3 is 2.56 bits per heavy atom. The quantitative estimate of drug-likeness (QED) is 0.737. The summed E-state index contributed by atoms with van der Waals surface area (Å²) in [6.07, 6.45) is 2.67. The van der Waals surface area contributed by atoms with Gasteiger partial charge in [-0.15, -0.1) is 0 Å². The summed E-state index contributed by atoms with van der Waals surface area (Å²) in [6, 6.07) is 0.806. The van der Waals surface area contributed by atoms with Crippen LogP contribution in [0.3, 0.4) is 0 Å². The Hall–Kier alpha value is -0.120. The van der Waals surface area contributed by atoms with Crippen molar-refractivity contribution in [2.75, 3.05) is 46.8 Å². The Labute approximate surface area is 101 Å². The summed E-state index contributed by atoms with van der Waals surface area (Å²) in [4.78, 5) is 5.00. The van der Waals surface area contributed by atoms with Gasteiger partial charge in [0, 0.05) is 12.6 Å². The van der Waals surface area contributed by atoms with Gasteiger partial charge in [-0.25, -0.2) is 0 Å². The van der Waals surface area contributed by atoms with Gasteiger partial charge in [0.15, 0.2) is 0 Å². The van der Waals surface area contributed by atoms with Crippen LogP contribution in [0, 0.1) is 5.92 Å². The van der Waals surface area contributed by atoms with Gasteiger partial charge in [-0.2, -0.15) is 0 Å². The van der Waals surface area contributed by atoms with E-state index in [0.717, 1.165) is 25.0 Å². The zero-order valence-electron chi connectivity index (χ0n) is 11.5. The second-order valence-electron chi connectivity index (χ2n) is 5.39. The van der Waals surface area contributed by atoms with Crippen LogP contribution in [-0.4, -0.2) is 62.7 Å². The maximum Gasteiger partial charge on any atom is 0.0117 e. The third-order valence-electron chi connectivity index (χ3n) is 3.65. The fraction of sp³-hybridized carbons (Fsp3) is 1.00. The monoisotopic (exact) mass is 227 g/mol. The Morgan fingerprint density at radius 1 is 1.38 bits per heavy atom. The molecule has 0 spiro atoms. The van der Waals surface area contributed by atoms with Gasteiger partial charge in [-0.1, -0.05) is 13.8 Å². The van der Waals surface area contributed by atoms with Crippen molar-refractivity contribution in [2.45, 2.75) is 32.7 Å². The molecule has 1 rings (SSSR count). The molecule has 1 aliphatic heterocycles. The molecule has 16 heavy (non-hydrogen) atoms. The average molecular weight is 227 g/mol. The van der Waals surface area contributed by atoms with Crippen molar-refractivity contribution >= 4 is 0 Å². The van der Waals surface area contributed by atoms with Gasteiger partial charge in [-0.3, -0.25) is 0 Å². The second kappa shape index (κ2) is 7.25. The third-order valence-corrected chi connectivity index (χ3v) is 3.65. The zero-order valence-corrected chi connectivity index (χ0v) is 11.5. The summed E-state index contributed by atoms with van der Waals surface area (Å²) in [5, 5.41) is 3.43. The Bertz CT molecular complexity index is 176. The van der Waals surface area contributed by atoms with Crippen LogP contribution in [0.15, 0.2) is 0 Å². The standard InChI is InChI=1S/C13H29N3/c1-5-14-10-12(2)11-16(4)13-6-8-15(3)9-7-13/h12-14H,5-11H2,1-4H3. The fourth-order valence-electron chi connectivity index (χ4n) is 2.53. The van der Waals surface area contributed by atoms with E-state index in [2.05, 4.69) is 43.1 Å². The molecule has 1 saturated heterocycles. The zero-order chi connectivity index (χ0) is 12.0. The highest BCUT2D eigenvalue weighted by Crippen LogP contribution is 2.15. The maximum atomic E-state index is 3.43. The summed E-state index contributed by atoms with van der Waals surface area (Å²) >= 11 is 0. The Morgan fingerprint density at radius 2 is 2.00 bits per heavy atom. The van der Waals surface area contributed by atoms with E-state index in [1.54, 1.807) is 0 Å². The van der Waals surface area contributed by atoms with Crippen molar-refractivity contribution in [2.24, 2.45) is 5.92 Å². The van der Waals surface area contributed by atoms with Gasteiger partial charge < -0.3 is 15.1 Å². The van der Waals surface area contributed by atoms with Crippen LogP contribution in [0.1, 0.15) is 26.7 Å².